The lowest BCUT2D eigenvalue weighted by Gasteiger charge is -2.06. The van der Waals surface area contributed by atoms with E-state index in [9.17, 15) is 0 Å². The normalized spacial score (nSPS) is 18.4. The monoisotopic (exact) mass is 189 g/mol. The summed E-state index contributed by atoms with van der Waals surface area (Å²) in [5.41, 5.74) is -0.560. The largest absolute Gasteiger partial charge is 0.488 e. The summed E-state index contributed by atoms with van der Waals surface area (Å²) in [5, 5.41) is 18.4. The number of hydrogen-bond acceptors (Lipinski definition) is 2. The van der Waals surface area contributed by atoms with Crippen molar-refractivity contribution in [3.8, 4) is 0 Å². The lowest BCUT2D eigenvalue weighted by Crippen LogP contribution is -2.32. The molecule has 0 saturated carbocycles. The van der Waals surface area contributed by atoms with E-state index in [1.807, 2.05) is 0 Å². The number of benzene rings is 1. The minimum Gasteiger partial charge on any atom is -0.423 e. The Bertz CT molecular complexity index is 421. The van der Waals surface area contributed by atoms with Crippen molar-refractivity contribution in [2.75, 3.05) is 0 Å². The summed E-state index contributed by atoms with van der Waals surface area (Å²) in [6.07, 6.45) is -2.68. The van der Waals surface area contributed by atoms with Crippen LogP contribution in [0.25, 0.3) is 0 Å². The molecule has 0 bridgehead atoms. The van der Waals surface area contributed by atoms with Crippen LogP contribution in [0.2, 0.25) is 5.02 Å². The van der Waals surface area contributed by atoms with Gasteiger partial charge in [-0.2, -0.15) is 0 Å². The first-order valence-corrected chi connectivity index (χ1v) is 3.61. The second-order valence-corrected chi connectivity index (χ2v) is 2.67. The van der Waals surface area contributed by atoms with Crippen LogP contribution in [0, 0.1) is 0 Å². The Balaban J connectivity index is 3.41. The minimum atomic E-state index is -2.91. The lowest BCUT2D eigenvalue weighted by molar-refractivity contribution is 0.425. The maximum atomic E-state index is 9.10. The quantitative estimate of drug-likeness (QED) is 0.668. The van der Waals surface area contributed by atoms with Crippen LogP contribution in [0.5, 0.6) is 0 Å². The fourth-order valence-electron chi connectivity index (χ4n) is 0.861. The topological polar surface area (TPSA) is 40.5 Å². The van der Waals surface area contributed by atoms with E-state index >= 15 is 0 Å². The molecule has 0 aliphatic rings. The highest BCUT2D eigenvalue weighted by atomic mass is 35.5. The Morgan fingerprint density at radius 1 is 1.67 bits per heavy atom. The van der Waals surface area contributed by atoms with E-state index in [0.717, 1.165) is 12.1 Å². The molecule has 0 radical (unpaired) electrons. The van der Waals surface area contributed by atoms with Crippen LogP contribution in [0.4, 0.5) is 0 Å². The molecule has 2 N–H and O–H groups in total. The van der Waals surface area contributed by atoms with E-state index in [1.165, 1.54) is 6.07 Å². The third-order valence-corrected chi connectivity index (χ3v) is 1.66. The summed E-state index contributed by atoms with van der Waals surface area (Å²) in [4.78, 5) is 0. The second-order valence-electron chi connectivity index (χ2n) is 2.23. The van der Waals surface area contributed by atoms with Crippen LogP contribution in [-0.2, 0) is 6.37 Å². The predicted molar refractivity (Wildman–Crippen MR) is 50.7 cm³/mol. The zero-order valence-electron chi connectivity index (χ0n) is 11.1. The van der Waals surface area contributed by atoms with Crippen molar-refractivity contribution in [2.45, 2.75) is 13.2 Å². The molecule has 12 heavy (non-hydrogen) atoms. The van der Waals surface area contributed by atoms with Crippen molar-refractivity contribution in [3.05, 3.63) is 28.8 Å². The summed E-state index contributed by atoms with van der Waals surface area (Å²) >= 11 is 5.64. The molecule has 1 aromatic carbocycles. The first-order valence-electron chi connectivity index (χ1n) is 5.73. The first kappa shape index (κ1) is 4.65. The average Bonchev–Trinajstić information content (AvgIpc) is 2.15. The summed E-state index contributed by atoms with van der Waals surface area (Å²) < 4.78 is 36.5. The summed E-state index contributed by atoms with van der Waals surface area (Å²) in [6.45, 7) is -2.91. The van der Waals surface area contributed by atoms with Crippen LogP contribution in [0.15, 0.2) is 18.2 Å². The highest BCUT2D eigenvalue weighted by molar-refractivity contribution is 6.59. The molecule has 0 heterocycles. The molecule has 2 nitrogen and oxygen atoms in total. The van der Waals surface area contributed by atoms with E-state index in [2.05, 4.69) is 0 Å². The molecular weight excluding hydrogens is 174 g/mol. The Morgan fingerprint density at radius 3 is 3.00 bits per heavy atom. The minimum absolute atomic E-state index is 0.165. The number of hydrogen-bond donors (Lipinski definition) is 2. The highest BCUT2D eigenvalue weighted by Gasteiger charge is 2.14. The average molecular weight is 189 g/mol. The Labute approximate surface area is 84.0 Å². The maximum Gasteiger partial charge on any atom is 0.488 e. The van der Waals surface area contributed by atoms with E-state index in [0.29, 0.717) is 0 Å². The van der Waals surface area contributed by atoms with Gasteiger partial charge in [0.1, 0.15) is 0 Å². The number of rotatable bonds is 2. The molecule has 64 valence electrons. The first-order chi connectivity index (χ1) is 7.57. The molecule has 0 amide bonds. The van der Waals surface area contributed by atoms with Gasteiger partial charge in [0, 0.05) is 11.9 Å². The number of aryl methyl sites for hydroxylation is 1. The van der Waals surface area contributed by atoms with Crippen molar-refractivity contribution in [2.24, 2.45) is 0 Å². The zero-order valence-corrected chi connectivity index (χ0v) is 6.84. The van der Waals surface area contributed by atoms with Gasteiger partial charge in [0.2, 0.25) is 0 Å². The molecule has 1 rings (SSSR count). The van der Waals surface area contributed by atoms with Crippen LogP contribution in [0.1, 0.15) is 19.3 Å². The zero-order chi connectivity index (χ0) is 13.4. The van der Waals surface area contributed by atoms with Gasteiger partial charge in [-0.1, -0.05) is 24.5 Å². The van der Waals surface area contributed by atoms with Gasteiger partial charge in [0.15, 0.2) is 0 Å². The Morgan fingerprint density at radius 2 is 2.42 bits per heavy atom. The van der Waals surface area contributed by atoms with E-state index in [4.69, 9.17) is 28.5 Å². The summed E-state index contributed by atoms with van der Waals surface area (Å²) in [5.74, 6) is 0. The summed E-state index contributed by atoms with van der Waals surface area (Å²) in [6, 6.07) is 3.57. The van der Waals surface area contributed by atoms with Crippen molar-refractivity contribution in [3.63, 3.8) is 0 Å². The lowest BCUT2D eigenvalue weighted by atomic mass is 9.76. The van der Waals surface area contributed by atoms with Gasteiger partial charge in [0.05, 0.1) is 0 Å². The van der Waals surface area contributed by atoms with Crippen LogP contribution >= 0.6 is 11.6 Å². The molecule has 0 aromatic heterocycles. The number of halogens is 1. The van der Waals surface area contributed by atoms with Crippen molar-refractivity contribution < 1.29 is 16.9 Å². The smallest absolute Gasteiger partial charge is 0.423 e. The van der Waals surface area contributed by atoms with E-state index in [1.54, 1.807) is 0 Å². The van der Waals surface area contributed by atoms with Crippen LogP contribution in [0.3, 0.4) is 0 Å². The Kier molecular flexibility index (Phi) is 1.53. The third-order valence-electron chi connectivity index (χ3n) is 1.43. The van der Waals surface area contributed by atoms with Gasteiger partial charge in [-0.05, 0) is 29.5 Å². The fourth-order valence-corrected chi connectivity index (χ4v) is 1.04. The second kappa shape index (κ2) is 3.94. The molecule has 0 spiro atoms. The molecule has 4 heteroatoms. The van der Waals surface area contributed by atoms with Gasteiger partial charge in [-0.3, -0.25) is 0 Å². The van der Waals surface area contributed by atoms with Crippen LogP contribution < -0.4 is 5.46 Å². The molecular formula is C8H10BClO2. The molecule has 1 aromatic rings. The standard InChI is InChI=1S/C8H10BClO2/c1-2-6-3-4-7(10)5-8(6)9(11)12/h3-5,11-12H,2H2,1H3/i1D3,2D2. The predicted octanol–water partition coefficient (Wildman–Crippen LogP) is 0.582. The molecule has 0 unspecified atom stereocenters. The van der Waals surface area contributed by atoms with Crippen molar-refractivity contribution >= 4 is 24.2 Å². The molecule has 0 saturated heterocycles. The SMILES string of the molecule is [2H]C([2H])([2H])C([2H])([2H])c1ccc(Cl)cc1B(O)O. The fraction of sp³-hybridized carbons (Fsp3) is 0.250. The van der Waals surface area contributed by atoms with Crippen LogP contribution in [-0.4, -0.2) is 17.2 Å². The van der Waals surface area contributed by atoms with Gasteiger partial charge in [-0.25, -0.2) is 0 Å². The van der Waals surface area contributed by atoms with Gasteiger partial charge >= 0.3 is 7.12 Å². The molecule has 0 atom stereocenters. The van der Waals surface area contributed by atoms with E-state index in [-0.39, 0.29) is 16.0 Å². The third kappa shape index (κ3) is 2.00. The summed E-state index contributed by atoms with van der Waals surface area (Å²) in [7, 11) is -1.99. The van der Waals surface area contributed by atoms with Gasteiger partial charge in [0.25, 0.3) is 0 Å². The Hall–Kier alpha value is -0.505. The molecule has 0 aliphatic heterocycles. The van der Waals surface area contributed by atoms with Crippen molar-refractivity contribution in [1.29, 1.82) is 0 Å². The van der Waals surface area contributed by atoms with E-state index < -0.39 is 20.3 Å². The van der Waals surface area contributed by atoms with Crippen molar-refractivity contribution in [1.82, 2.24) is 0 Å². The van der Waals surface area contributed by atoms with Gasteiger partial charge < -0.3 is 10.0 Å². The maximum absolute atomic E-state index is 9.10. The van der Waals surface area contributed by atoms with Gasteiger partial charge in [-0.15, -0.1) is 0 Å². The highest BCUT2D eigenvalue weighted by Crippen LogP contribution is 2.08. The molecule has 0 aliphatic carbocycles. The molecule has 0 fully saturated rings.